The fourth-order valence-corrected chi connectivity index (χ4v) is 3.35. The number of anilines is 2. The van der Waals surface area contributed by atoms with E-state index in [1.807, 2.05) is 5.43 Å². The van der Waals surface area contributed by atoms with Gasteiger partial charge in [-0.05, 0) is 37.9 Å². The maximum Gasteiger partial charge on any atom is 0.203 e. The molecule has 2 aromatic heterocycles. The fourth-order valence-electron chi connectivity index (χ4n) is 2.05. The highest BCUT2D eigenvalue weighted by atomic mass is 32.1. The fraction of sp³-hybridized carbons (Fsp3) is 0.588. The van der Waals surface area contributed by atoms with Gasteiger partial charge in [0.05, 0.1) is 12.1 Å². The SMILES string of the molecule is N#CCCCCCC#N.NNC(N)=S.Nc1nnc(CCCCCc2nnc(N)s2)s1. The number of nitrogens with zero attached hydrogens (tertiary/aromatic N) is 6. The molecule has 0 saturated heterocycles. The number of nitrogens with one attached hydrogen (secondary N) is 1. The topological polar surface area (TPSA) is 215 Å². The Morgan fingerprint density at radius 1 is 0.806 bits per heavy atom. The van der Waals surface area contributed by atoms with Crippen molar-refractivity contribution in [2.45, 2.75) is 64.2 Å². The monoisotopic (exact) mass is 483 g/mol. The Morgan fingerprint density at radius 3 is 1.48 bits per heavy atom. The van der Waals surface area contributed by atoms with Gasteiger partial charge in [0.1, 0.15) is 10.0 Å². The Bertz CT molecular complexity index is 749. The molecule has 0 unspecified atom stereocenters. The summed E-state index contributed by atoms with van der Waals surface area (Å²) in [5.41, 5.74) is 17.8. The average molecular weight is 484 g/mol. The molecule has 170 valence electrons. The highest BCUT2D eigenvalue weighted by Crippen LogP contribution is 2.16. The molecule has 0 aromatic carbocycles. The van der Waals surface area contributed by atoms with Gasteiger partial charge < -0.3 is 22.6 Å². The minimum absolute atomic E-state index is 0.116. The number of nitrogens with two attached hydrogens (primary N) is 4. The predicted molar refractivity (Wildman–Crippen MR) is 128 cm³/mol. The van der Waals surface area contributed by atoms with Crippen LogP contribution in [0.1, 0.15) is 61.4 Å². The number of nitriles is 2. The number of thiocarbonyl (C=S) groups is 1. The third-order valence-electron chi connectivity index (χ3n) is 3.47. The van der Waals surface area contributed by atoms with Gasteiger partial charge in [0, 0.05) is 25.7 Å². The molecule has 0 aliphatic carbocycles. The zero-order valence-electron chi connectivity index (χ0n) is 17.3. The first-order valence-electron chi connectivity index (χ1n) is 9.58. The van der Waals surface area contributed by atoms with Crippen LogP contribution in [0.3, 0.4) is 0 Å². The molecular formula is C17H29N11S3. The van der Waals surface area contributed by atoms with Crippen LogP contribution in [0.15, 0.2) is 0 Å². The highest BCUT2D eigenvalue weighted by Gasteiger charge is 2.02. The van der Waals surface area contributed by atoms with Crippen molar-refractivity contribution in [2.75, 3.05) is 11.5 Å². The van der Waals surface area contributed by atoms with Crippen molar-refractivity contribution >= 4 is 50.3 Å². The Hall–Kier alpha value is -2.65. The van der Waals surface area contributed by atoms with E-state index in [1.165, 1.54) is 22.7 Å². The van der Waals surface area contributed by atoms with E-state index in [2.05, 4.69) is 50.6 Å². The normalized spacial score (nSPS) is 9.26. The number of rotatable bonds is 10. The zero-order valence-corrected chi connectivity index (χ0v) is 19.7. The van der Waals surface area contributed by atoms with Crippen LogP contribution in [-0.2, 0) is 12.8 Å². The van der Waals surface area contributed by atoms with Gasteiger partial charge in [0.15, 0.2) is 5.11 Å². The summed E-state index contributed by atoms with van der Waals surface area (Å²) in [6.07, 6.45) is 9.40. The molecule has 0 amide bonds. The lowest BCUT2D eigenvalue weighted by Crippen LogP contribution is -2.34. The van der Waals surface area contributed by atoms with E-state index >= 15 is 0 Å². The molecule has 2 rings (SSSR count). The van der Waals surface area contributed by atoms with Crippen molar-refractivity contribution in [3.05, 3.63) is 10.0 Å². The molecule has 31 heavy (non-hydrogen) atoms. The number of hydrogen-bond acceptors (Lipinski definition) is 12. The first-order valence-corrected chi connectivity index (χ1v) is 11.6. The second-order valence-corrected chi connectivity index (χ2v) is 8.64. The third-order valence-corrected chi connectivity index (χ3v) is 5.21. The molecule has 0 spiro atoms. The average Bonchev–Trinajstić information content (AvgIpc) is 3.36. The molecule has 0 bridgehead atoms. The van der Waals surface area contributed by atoms with Crippen LogP contribution in [0.25, 0.3) is 0 Å². The summed E-state index contributed by atoms with van der Waals surface area (Å²) >= 11 is 7.17. The minimum atomic E-state index is 0.116. The van der Waals surface area contributed by atoms with E-state index in [4.69, 9.17) is 27.7 Å². The first-order chi connectivity index (χ1) is 14.9. The number of hydrazine groups is 1. The van der Waals surface area contributed by atoms with Crippen LogP contribution < -0.4 is 28.5 Å². The number of hydrogen-bond donors (Lipinski definition) is 5. The summed E-state index contributed by atoms with van der Waals surface area (Å²) < 4.78 is 0. The summed E-state index contributed by atoms with van der Waals surface area (Å²) in [4.78, 5) is 0. The van der Waals surface area contributed by atoms with Gasteiger partial charge in [-0.15, -0.1) is 20.4 Å². The van der Waals surface area contributed by atoms with Crippen molar-refractivity contribution in [3.63, 3.8) is 0 Å². The molecule has 0 aliphatic heterocycles. The van der Waals surface area contributed by atoms with Gasteiger partial charge >= 0.3 is 0 Å². The van der Waals surface area contributed by atoms with Gasteiger partial charge in [-0.1, -0.05) is 35.5 Å². The Balaban J connectivity index is 0.000000541. The molecule has 11 nitrogen and oxygen atoms in total. The van der Waals surface area contributed by atoms with E-state index in [9.17, 15) is 0 Å². The van der Waals surface area contributed by atoms with Gasteiger partial charge in [-0.3, -0.25) is 0 Å². The summed E-state index contributed by atoms with van der Waals surface area (Å²) in [7, 11) is 0. The van der Waals surface area contributed by atoms with Crippen LogP contribution in [-0.4, -0.2) is 25.5 Å². The van der Waals surface area contributed by atoms with Crippen LogP contribution >= 0.6 is 34.9 Å². The molecule has 14 heteroatoms. The van der Waals surface area contributed by atoms with Crippen LogP contribution in [0.4, 0.5) is 10.3 Å². The van der Waals surface area contributed by atoms with Gasteiger partial charge in [-0.25, -0.2) is 5.84 Å². The first kappa shape index (κ1) is 28.4. The van der Waals surface area contributed by atoms with Crippen molar-refractivity contribution in [2.24, 2.45) is 11.6 Å². The quantitative estimate of drug-likeness (QED) is 0.142. The Kier molecular flexibility index (Phi) is 17.7. The Morgan fingerprint density at radius 2 is 1.19 bits per heavy atom. The maximum absolute atomic E-state index is 8.11. The van der Waals surface area contributed by atoms with E-state index < -0.39 is 0 Å². The van der Waals surface area contributed by atoms with Crippen molar-refractivity contribution in [1.82, 2.24) is 25.8 Å². The van der Waals surface area contributed by atoms with Gasteiger partial charge in [-0.2, -0.15) is 10.5 Å². The van der Waals surface area contributed by atoms with Crippen molar-refractivity contribution in [3.8, 4) is 12.1 Å². The number of aryl methyl sites for hydroxylation is 2. The molecule has 0 saturated carbocycles. The maximum atomic E-state index is 8.11. The summed E-state index contributed by atoms with van der Waals surface area (Å²) in [5.74, 6) is 4.66. The largest absolute Gasteiger partial charge is 0.375 e. The molecule has 9 N–H and O–H groups in total. The lowest BCUT2D eigenvalue weighted by atomic mass is 10.1. The highest BCUT2D eigenvalue weighted by molar-refractivity contribution is 7.80. The summed E-state index contributed by atoms with van der Waals surface area (Å²) in [5, 5.41) is 35.0. The van der Waals surface area contributed by atoms with Crippen LogP contribution in [0.5, 0.6) is 0 Å². The van der Waals surface area contributed by atoms with E-state index in [0.29, 0.717) is 23.1 Å². The number of aromatic nitrogens is 4. The Labute approximate surface area is 195 Å². The number of unbranched alkanes of at least 4 members (excludes halogenated alkanes) is 6. The van der Waals surface area contributed by atoms with Crippen LogP contribution in [0, 0.1) is 22.7 Å². The predicted octanol–water partition coefficient (Wildman–Crippen LogP) is 2.19. The smallest absolute Gasteiger partial charge is 0.203 e. The standard InChI is InChI=1S/C9H14N6S2.C7H10N2.CH5N3S/c10-8-14-12-6(16-8)4-2-1-3-5-7-13-15-9(11)17-7;8-6-4-2-1-3-5-7-9;2-1(5)4-3/h1-5H2,(H2,10,14)(H2,11,15);1-5H2;3H2,(H3,2,4,5). The third kappa shape index (κ3) is 17.9. The van der Waals surface area contributed by atoms with E-state index in [0.717, 1.165) is 61.4 Å². The zero-order chi connectivity index (χ0) is 23.3. The summed E-state index contributed by atoms with van der Waals surface area (Å²) in [6, 6.07) is 4.12. The molecule has 0 radical (unpaired) electrons. The lowest BCUT2D eigenvalue weighted by molar-refractivity contribution is 0.669. The number of nitrogen functional groups attached to an aromatic ring is 2. The van der Waals surface area contributed by atoms with E-state index in [-0.39, 0.29) is 5.11 Å². The molecule has 2 aromatic rings. The van der Waals surface area contributed by atoms with Gasteiger partial charge in [0.25, 0.3) is 0 Å². The second kappa shape index (κ2) is 19.3. The second-order valence-electron chi connectivity index (χ2n) is 6.01. The van der Waals surface area contributed by atoms with Gasteiger partial charge in [0.2, 0.25) is 10.3 Å². The minimum Gasteiger partial charge on any atom is -0.375 e. The molecular weight excluding hydrogens is 454 g/mol. The molecule has 0 aliphatic rings. The lowest BCUT2D eigenvalue weighted by Gasteiger charge is -1.96. The molecule has 0 atom stereocenters. The van der Waals surface area contributed by atoms with Crippen molar-refractivity contribution in [1.29, 1.82) is 10.5 Å². The molecule has 0 fully saturated rings. The van der Waals surface area contributed by atoms with E-state index in [1.54, 1.807) is 0 Å². The summed E-state index contributed by atoms with van der Waals surface area (Å²) in [6.45, 7) is 0. The van der Waals surface area contributed by atoms with Crippen LogP contribution in [0.2, 0.25) is 0 Å². The van der Waals surface area contributed by atoms with Crippen molar-refractivity contribution < 1.29 is 0 Å². The molecule has 2 heterocycles.